The highest BCUT2D eigenvalue weighted by Gasteiger charge is 2.36. The highest BCUT2D eigenvalue weighted by molar-refractivity contribution is 6.26. The molecule has 3 aromatic rings. The summed E-state index contributed by atoms with van der Waals surface area (Å²) >= 11 is 0. The van der Waals surface area contributed by atoms with Gasteiger partial charge in [0.1, 0.15) is 18.6 Å². The first kappa shape index (κ1) is 22.7. The lowest BCUT2D eigenvalue weighted by Gasteiger charge is -2.39. The van der Waals surface area contributed by atoms with Crippen molar-refractivity contribution in [2.75, 3.05) is 0 Å². The summed E-state index contributed by atoms with van der Waals surface area (Å²) in [6.45, 7) is 12.4. The molecule has 0 aliphatic carbocycles. The molecule has 3 rings (SSSR count). The van der Waals surface area contributed by atoms with Crippen LogP contribution in [0.15, 0.2) is 54.7 Å². The molecule has 0 radical (unpaired) electrons. The van der Waals surface area contributed by atoms with E-state index in [-0.39, 0.29) is 11.7 Å². The summed E-state index contributed by atoms with van der Waals surface area (Å²) in [6.07, 6.45) is 1.81. The number of rotatable bonds is 11. The lowest BCUT2D eigenvalue weighted by atomic mass is 9.79. The number of benzene rings is 2. The van der Waals surface area contributed by atoms with Crippen LogP contribution >= 0.6 is 0 Å². The van der Waals surface area contributed by atoms with Crippen LogP contribution in [0, 0.1) is 11.3 Å². The third-order valence-corrected chi connectivity index (χ3v) is 7.10. The molecule has 0 unspecified atom stereocenters. The van der Waals surface area contributed by atoms with E-state index in [0.29, 0.717) is 12.5 Å². The lowest BCUT2D eigenvalue weighted by Crippen LogP contribution is -2.42. The van der Waals surface area contributed by atoms with Crippen LogP contribution in [0.5, 0.6) is 5.75 Å². The second kappa shape index (κ2) is 10.4. The summed E-state index contributed by atoms with van der Waals surface area (Å²) in [5, 5.41) is 5.78. The highest BCUT2D eigenvalue weighted by atomic mass is 28.2. The zero-order valence-corrected chi connectivity index (χ0v) is 21.6. The van der Waals surface area contributed by atoms with Gasteiger partial charge in [-0.2, -0.15) is 5.10 Å². The van der Waals surface area contributed by atoms with Gasteiger partial charge in [0.25, 0.3) is 0 Å². The molecule has 1 aromatic heterocycles. The fraction of sp³-hybridized carbons (Fsp3) is 0.435. The molecular formula is C23H34N2O3Si2. The normalized spacial score (nSPS) is 14.8. The molecule has 0 fully saturated rings. The molecular weight excluding hydrogens is 408 g/mol. The van der Waals surface area contributed by atoms with Crippen LogP contribution in [0.3, 0.4) is 0 Å². The van der Waals surface area contributed by atoms with Crippen molar-refractivity contribution in [3.8, 4) is 5.75 Å². The number of hydrogen-bond acceptors (Lipinski definition) is 4. The third kappa shape index (κ3) is 5.40. The van der Waals surface area contributed by atoms with Crippen molar-refractivity contribution in [1.29, 1.82) is 0 Å². The van der Waals surface area contributed by atoms with Crippen LogP contribution in [-0.4, -0.2) is 35.6 Å². The van der Waals surface area contributed by atoms with Gasteiger partial charge in [-0.25, -0.2) is 0 Å². The van der Waals surface area contributed by atoms with Gasteiger partial charge in [0.05, 0.1) is 11.7 Å². The molecule has 1 heterocycles. The molecule has 5 nitrogen and oxygen atoms in total. The molecule has 0 bridgehead atoms. The quantitative estimate of drug-likeness (QED) is 0.334. The third-order valence-electron chi connectivity index (χ3n) is 5.82. The van der Waals surface area contributed by atoms with E-state index >= 15 is 0 Å². The van der Waals surface area contributed by atoms with E-state index < -0.39 is 19.5 Å². The van der Waals surface area contributed by atoms with Crippen LogP contribution in [0.2, 0.25) is 13.1 Å². The zero-order chi connectivity index (χ0) is 21.6. The second-order valence-corrected chi connectivity index (χ2v) is 10.1. The van der Waals surface area contributed by atoms with Gasteiger partial charge < -0.3 is 13.6 Å². The van der Waals surface area contributed by atoms with Gasteiger partial charge in [0, 0.05) is 23.4 Å². The topological polar surface area (TPSA) is 45.5 Å². The molecule has 0 saturated carbocycles. The van der Waals surface area contributed by atoms with Gasteiger partial charge in [-0.05, 0) is 23.6 Å². The van der Waals surface area contributed by atoms with E-state index in [0.717, 1.165) is 28.8 Å². The Labute approximate surface area is 184 Å². The first-order chi connectivity index (χ1) is 14.5. The molecule has 0 amide bonds. The second-order valence-electron chi connectivity index (χ2n) is 8.29. The molecule has 7 heteroatoms. The maximum Gasteiger partial charge on any atom is 0.161 e. The Morgan fingerprint density at radius 3 is 2.40 bits per heavy atom. The van der Waals surface area contributed by atoms with Crippen molar-refractivity contribution >= 4 is 30.4 Å². The van der Waals surface area contributed by atoms with Crippen molar-refractivity contribution in [3.63, 3.8) is 0 Å². The smallest absolute Gasteiger partial charge is 0.161 e. The molecule has 0 aliphatic rings. The number of fused-ring (bicyclic) bond motifs is 1. The average Bonchev–Trinajstić information content (AvgIpc) is 3.15. The monoisotopic (exact) mass is 442 g/mol. The molecule has 0 aliphatic heterocycles. The van der Waals surface area contributed by atoms with Crippen molar-refractivity contribution in [2.45, 2.75) is 53.3 Å². The fourth-order valence-electron chi connectivity index (χ4n) is 3.53. The van der Waals surface area contributed by atoms with Crippen LogP contribution in [0.25, 0.3) is 10.9 Å². The number of ether oxygens (including phenoxy) is 1. The Bertz CT molecular complexity index is 925. The van der Waals surface area contributed by atoms with E-state index in [1.807, 2.05) is 30.5 Å². The Morgan fingerprint density at radius 2 is 1.73 bits per heavy atom. The maximum absolute atomic E-state index is 6.07. The van der Waals surface area contributed by atoms with Crippen molar-refractivity contribution in [1.82, 2.24) is 9.78 Å². The van der Waals surface area contributed by atoms with Crippen molar-refractivity contribution < 1.29 is 13.6 Å². The highest BCUT2D eigenvalue weighted by Crippen LogP contribution is 2.35. The number of hydrogen-bond donors (Lipinski definition) is 0. The van der Waals surface area contributed by atoms with Crippen LogP contribution in [0.1, 0.15) is 26.3 Å². The molecule has 0 spiro atoms. The molecule has 0 N–H and O–H groups in total. The fourth-order valence-corrected chi connectivity index (χ4v) is 5.38. The van der Waals surface area contributed by atoms with Gasteiger partial charge in [-0.3, -0.25) is 4.68 Å². The number of aromatic nitrogens is 2. The zero-order valence-electron chi connectivity index (χ0n) is 18.8. The Kier molecular flexibility index (Phi) is 7.88. The largest absolute Gasteiger partial charge is 0.489 e. The van der Waals surface area contributed by atoms with E-state index in [1.165, 1.54) is 0 Å². The Balaban J connectivity index is 1.75. The van der Waals surface area contributed by atoms with E-state index in [9.17, 15) is 0 Å². The first-order valence-corrected chi connectivity index (χ1v) is 14.8. The van der Waals surface area contributed by atoms with Gasteiger partial charge in [0.15, 0.2) is 19.5 Å². The Hall–Kier alpha value is -1.94. The summed E-state index contributed by atoms with van der Waals surface area (Å²) in [4.78, 5) is 0. The molecule has 1 atom stereocenters. The van der Waals surface area contributed by atoms with Gasteiger partial charge in [-0.1, -0.05) is 64.2 Å². The summed E-state index contributed by atoms with van der Waals surface area (Å²) in [6, 6.07) is 16.4. The minimum Gasteiger partial charge on any atom is -0.489 e. The predicted octanol–water partition coefficient (Wildman–Crippen LogP) is 3.90. The summed E-state index contributed by atoms with van der Waals surface area (Å²) < 4.78 is 20.3. The summed E-state index contributed by atoms with van der Waals surface area (Å²) in [7, 11) is -1.07. The summed E-state index contributed by atoms with van der Waals surface area (Å²) in [5.41, 5.74) is 2.16. The Morgan fingerprint density at radius 1 is 1.03 bits per heavy atom. The molecule has 0 saturated heterocycles. The minimum absolute atomic E-state index is 0.0916. The van der Waals surface area contributed by atoms with Crippen LogP contribution in [-0.2, 0) is 22.0 Å². The average molecular weight is 443 g/mol. The number of nitrogens with zero attached hydrogens (tertiary/aromatic N) is 2. The SMILES string of the molecule is C[SiH2]OC(O[SiH2]C)C(C)(C)[C@H](C)Cn1ncc2ccc(OCc3ccccc3)cc21. The van der Waals surface area contributed by atoms with E-state index in [2.05, 4.69) is 67.9 Å². The van der Waals surface area contributed by atoms with Gasteiger partial charge >= 0.3 is 0 Å². The van der Waals surface area contributed by atoms with Crippen LogP contribution < -0.4 is 4.74 Å². The van der Waals surface area contributed by atoms with Crippen LogP contribution in [0.4, 0.5) is 0 Å². The maximum atomic E-state index is 6.07. The standard InChI is InChI=1S/C23H34N2O3Si2/c1-17(23(2,3)22(27-29-4)28-30-5)15-25-21-13-20(12-11-19(21)14-24-25)26-16-18-9-7-6-8-10-18/h6-14,17,22H,15-16,29-30H2,1-5H3/t17-/m1/s1. The summed E-state index contributed by atoms with van der Waals surface area (Å²) in [5.74, 6) is 1.19. The van der Waals surface area contributed by atoms with Gasteiger partial charge in [0.2, 0.25) is 0 Å². The minimum atomic E-state index is -0.534. The predicted molar refractivity (Wildman–Crippen MR) is 128 cm³/mol. The molecule has 162 valence electrons. The van der Waals surface area contributed by atoms with Crippen molar-refractivity contribution in [3.05, 3.63) is 60.3 Å². The lowest BCUT2D eigenvalue weighted by molar-refractivity contribution is -0.104. The molecule has 30 heavy (non-hydrogen) atoms. The van der Waals surface area contributed by atoms with Crippen molar-refractivity contribution in [2.24, 2.45) is 11.3 Å². The van der Waals surface area contributed by atoms with Gasteiger partial charge in [-0.15, -0.1) is 0 Å². The molecule has 2 aromatic carbocycles. The van der Waals surface area contributed by atoms with E-state index in [1.54, 1.807) is 0 Å². The first-order valence-electron chi connectivity index (χ1n) is 10.8. The van der Waals surface area contributed by atoms with E-state index in [4.69, 9.17) is 13.6 Å².